The minimum Gasteiger partial charge on any atom is -0.497 e. The fourth-order valence-electron chi connectivity index (χ4n) is 3.59. The number of rotatable bonds is 6. The summed E-state index contributed by atoms with van der Waals surface area (Å²) in [5.74, 6) is 0.683. The van der Waals surface area contributed by atoms with Gasteiger partial charge in [-0.25, -0.2) is 0 Å². The van der Waals surface area contributed by atoms with Gasteiger partial charge in [0.05, 0.1) is 7.11 Å². The molecule has 2 amide bonds. The Balaban J connectivity index is 1.41. The van der Waals surface area contributed by atoms with Gasteiger partial charge in [0.2, 0.25) is 5.91 Å². The molecule has 6 nitrogen and oxygen atoms in total. The van der Waals surface area contributed by atoms with E-state index in [4.69, 9.17) is 4.74 Å². The minimum absolute atomic E-state index is 0.0564. The third-order valence-electron chi connectivity index (χ3n) is 5.24. The maximum Gasteiger partial charge on any atom is 0.258 e. The summed E-state index contributed by atoms with van der Waals surface area (Å²) in [5.41, 5.74) is 4.34. The van der Waals surface area contributed by atoms with Crippen molar-refractivity contribution < 1.29 is 14.3 Å². The van der Waals surface area contributed by atoms with Gasteiger partial charge in [-0.05, 0) is 60.4 Å². The van der Waals surface area contributed by atoms with Crippen LogP contribution in [0.4, 0.5) is 11.4 Å². The average molecular weight is 401 g/mol. The zero-order chi connectivity index (χ0) is 20.9. The highest BCUT2D eigenvalue weighted by Gasteiger charge is 2.26. The highest BCUT2D eigenvalue weighted by atomic mass is 16.5. The molecule has 0 radical (unpaired) electrons. The van der Waals surface area contributed by atoms with Crippen molar-refractivity contribution in [3.05, 3.63) is 83.7 Å². The number of carbonyl (C=O) groups excluding carboxylic acids is 2. The molecule has 2 heterocycles. The number of hydrogen-bond acceptors (Lipinski definition) is 4. The van der Waals surface area contributed by atoms with Gasteiger partial charge in [-0.1, -0.05) is 18.2 Å². The lowest BCUT2D eigenvalue weighted by molar-refractivity contribution is -0.116. The summed E-state index contributed by atoms with van der Waals surface area (Å²) in [6, 6.07) is 16.9. The van der Waals surface area contributed by atoms with Crippen LogP contribution in [0.1, 0.15) is 27.9 Å². The quantitative estimate of drug-likeness (QED) is 0.681. The third kappa shape index (κ3) is 4.33. The van der Waals surface area contributed by atoms with Crippen LogP contribution in [-0.4, -0.2) is 30.5 Å². The van der Waals surface area contributed by atoms with Gasteiger partial charge in [-0.15, -0.1) is 0 Å². The number of aryl methyl sites for hydroxylation is 1. The monoisotopic (exact) mass is 401 g/mol. The number of aromatic nitrogens is 1. The molecule has 0 saturated heterocycles. The van der Waals surface area contributed by atoms with Crippen LogP contribution in [0.5, 0.6) is 5.75 Å². The first kappa shape index (κ1) is 19.6. The molecule has 6 heteroatoms. The van der Waals surface area contributed by atoms with E-state index in [0.29, 0.717) is 30.6 Å². The number of amides is 2. The summed E-state index contributed by atoms with van der Waals surface area (Å²) in [7, 11) is 1.63. The van der Waals surface area contributed by atoms with Crippen molar-refractivity contribution >= 4 is 23.2 Å². The zero-order valence-corrected chi connectivity index (χ0v) is 16.8. The predicted octanol–water partition coefficient (Wildman–Crippen LogP) is 3.86. The molecule has 0 saturated carbocycles. The fraction of sp³-hybridized carbons (Fsp3) is 0.208. The van der Waals surface area contributed by atoms with Gasteiger partial charge in [0, 0.05) is 42.3 Å². The molecule has 0 bridgehead atoms. The number of hydrogen-bond donors (Lipinski definition) is 1. The summed E-state index contributed by atoms with van der Waals surface area (Å²) in [6.45, 7) is 0.630. The Labute approximate surface area is 175 Å². The maximum absolute atomic E-state index is 12.9. The molecule has 4 rings (SSSR count). The van der Waals surface area contributed by atoms with Crippen molar-refractivity contribution in [2.24, 2.45) is 0 Å². The number of ether oxygens (including phenoxy) is 1. The number of methoxy groups -OCH3 is 1. The predicted molar refractivity (Wildman–Crippen MR) is 116 cm³/mol. The largest absolute Gasteiger partial charge is 0.497 e. The Hall–Kier alpha value is -3.67. The van der Waals surface area contributed by atoms with Crippen LogP contribution in [0.3, 0.4) is 0 Å². The molecule has 1 aromatic heterocycles. The molecule has 0 unspecified atom stereocenters. The molecule has 0 spiro atoms. The van der Waals surface area contributed by atoms with Gasteiger partial charge in [0.25, 0.3) is 5.91 Å². The second-order valence-electron chi connectivity index (χ2n) is 7.18. The Kier molecular flexibility index (Phi) is 5.75. The standard InChI is InChI=1S/C24H23N3O3/c1-30-21-7-2-17(3-8-21)4-9-23(28)26-20-6-5-18-12-15-27(22(18)16-20)24(29)19-10-13-25-14-11-19/h2-3,5-8,10-11,13-14,16H,4,9,12,15H2,1H3,(H,26,28). The van der Waals surface area contributed by atoms with E-state index in [9.17, 15) is 9.59 Å². The van der Waals surface area contributed by atoms with Gasteiger partial charge in [0.15, 0.2) is 0 Å². The van der Waals surface area contributed by atoms with Crippen LogP contribution in [0.25, 0.3) is 0 Å². The van der Waals surface area contributed by atoms with Crippen LogP contribution in [0.2, 0.25) is 0 Å². The zero-order valence-electron chi connectivity index (χ0n) is 16.8. The van der Waals surface area contributed by atoms with E-state index in [0.717, 1.165) is 29.0 Å². The molecular formula is C24H23N3O3. The van der Waals surface area contributed by atoms with E-state index in [2.05, 4.69) is 10.3 Å². The highest BCUT2D eigenvalue weighted by Crippen LogP contribution is 2.32. The van der Waals surface area contributed by atoms with Crippen molar-refractivity contribution in [2.45, 2.75) is 19.3 Å². The molecule has 152 valence electrons. The third-order valence-corrected chi connectivity index (χ3v) is 5.24. The molecule has 1 N–H and O–H groups in total. The van der Waals surface area contributed by atoms with Crippen molar-refractivity contribution in [2.75, 3.05) is 23.9 Å². The maximum atomic E-state index is 12.9. The van der Waals surface area contributed by atoms with Gasteiger partial charge < -0.3 is 15.0 Å². The molecule has 1 aliphatic rings. The van der Waals surface area contributed by atoms with Crippen molar-refractivity contribution in [3.63, 3.8) is 0 Å². The van der Waals surface area contributed by atoms with Crippen LogP contribution >= 0.6 is 0 Å². The lowest BCUT2D eigenvalue weighted by Crippen LogP contribution is -2.28. The fourth-order valence-corrected chi connectivity index (χ4v) is 3.59. The first-order valence-electron chi connectivity index (χ1n) is 9.91. The Morgan fingerprint density at radius 1 is 1.07 bits per heavy atom. The number of carbonyl (C=O) groups is 2. The van der Waals surface area contributed by atoms with E-state index in [1.54, 1.807) is 36.5 Å². The van der Waals surface area contributed by atoms with Crippen molar-refractivity contribution in [3.8, 4) is 5.75 Å². The summed E-state index contributed by atoms with van der Waals surface area (Å²) in [4.78, 5) is 31.0. The highest BCUT2D eigenvalue weighted by molar-refractivity contribution is 6.07. The second-order valence-corrected chi connectivity index (χ2v) is 7.18. The minimum atomic E-state index is -0.0595. The van der Waals surface area contributed by atoms with Gasteiger partial charge in [-0.3, -0.25) is 14.6 Å². The lowest BCUT2D eigenvalue weighted by atomic mass is 10.1. The summed E-state index contributed by atoms with van der Waals surface area (Å²) in [5, 5.41) is 2.95. The number of benzene rings is 2. The van der Waals surface area contributed by atoms with Crippen LogP contribution in [-0.2, 0) is 17.6 Å². The topological polar surface area (TPSA) is 71.5 Å². The molecule has 0 fully saturated rings. The SMILES string of the molecule is COc1ccc(CCC(=O)Nc2ccc3c(c2)N(C(=O)c2ccncc2)CC3)cc1. The van der Waals surface area contributed by atoms with E-state index in [1.165, 1.54) is 0 Å². The molecular weight excluding hydrogens is 378 g/mol. The average Bonchev–Trinajstić information content (AvgIpc) is 3.21. The molecule has 0 aliphatic carbocycles. The molecule has 1 aliphatic heterocycles. The Bertz CT molecular complexity index is 1050. The molecule has 30 heavy (non-hydrogen) atoms. The van der Waals surface area contributed by atoms with Crippen LogP contribution < -0.4 is 15.0 Å². The van der Waals surface area contributed by atoms with Crippen molar-refractivity contribution in [1.82, 2.24) is 4.98 Å². The molecule has 2 aromatic carbocycles. The normalized spacial score (nSPS) is 12.4. The Morgan fingerprint density at radius 2 is 1.83 bits per heavy atom. The van der Waals surface area contributed by atoms with E-state index in [-0.39, 0.29) is 11.8 Å². The van der Waals surface area contributed by atoms with E-state index < -0.39 is 0 Å². The molecule has 0 atom stereocenters. The number of anilines is 2. The van der Waals surface area contributed by atoms with E-state index in [1.807, 2.05) is 42.5 Å². The van der Waals surface area contributed by atoms with Crippen molar-refractivity contribution in [1.29, 1.82) is 0 Å². The number of nitrogens with zero attached hydrogens (tertiary/aromatic N) is 2. The Morgan fingerprint density at radius 3 is 2.57 bits per heavy atom. The van der Waals surface area contributed by atoms with Gasteiger partial charge >= 0.3 is 0 Å². The van der Waals surface area contributed by atoms with Gasteiger partial charge in [-0.2, -0.15) is 0 Å². The van der Waals surface area contributed by atoms with Crippen LogP contribution in [0, 0.1) is 0 Å². The number of pyridine rings is 1. The first-order valence-corrected chi connectivity index (χ1v) is 9.91. The summed E-state index contributed by atoms with van der Waals surface area (Å²) in [6.07, 6.45) is 5.06. The summed E-state index contributed by atoms with van der Waals surface area (Å²) >= 11 is 0. The number of fused-ring (bicyclic) bond motifs is 1. The molecule has 3 aromatic rings. The van der Waals surface area contributed by atoms with Crippen LogP contribution in [0.15, 0.2) is 67.0 Å². The second kappa shape index (κ2) is 8.78. The van der Waals surface area contributed by atoms with Gasteiger partial charge in [0.1, 0.15) is 5.75 Å². The smallest absolute Gasteiger partial charge is 0.258 e. The summed E-state index contributed by atoms with van der Waals surface area (Å²) < 4.78 is 5.15. The van der Waals surface area contributed by atoms with E-state index >= 15 is 0 Å². The first-order chi connectivity index (χ1) is 14.6. The number of nitrogens with one attached hydrogen (secondary N) is 1. The lowest BCUT2D eigenvalue weighted by Gasteiger charge is -2.18.